The lowest BCUT2D eigenvalue weighted by Gasteiger charge is -2.20. The van der Waals surface area contributed by atoms with Crippen molar-refractivity contribution in [2.75, 3.05) is 31.6 Å². The minimum absolute atomic E-state index is 0.0479. The quantitative estimate of drug-likeness (QED) is 0.421. The fourth-order valence-corrected chi connectivity index (χ4v) is 3.57. The summed E-state index contributed by atoms with van der Waals surface area (Å²) in [6.45, 7) is 3.30. The highest BCUT2D eigenvalue weighted by atomic mass is 35.5. The average Bonchev–Trinajstić information content (AvgIpc) is 3.16. The highest BCUT2D eigenvalue weighted by Crippen LogP contribution is 2.25. The van der Waals surface area contributed by atoms with Crippen LogP contribution in [-0.4, -0.2) is 48.2 Å². The van der Waals surface area contributed by atoms with E-state index in [-0.39, 0.29) is 5.56 Å². The number of rotatable bonds is 7. The van der Waals surface area contributed by atoms with Gasteiger partial charge in [-0.1, -0.05) is 17.7 Å². The van der Waals surface area contributed by atoms with Gasteiger partial charge >= 0.3 is 0 Å². The number of unbranched alkanes of at least 4 members (excludes halogenated alkanes) is 1. The highest BCUT2D eigenvalue weighted by Gasteiger charge is 2.25. The maximum absolute atomic E-state index is 11.7. The number of hydrogen-bond donors (Lipinski definition) is 2. The van der Waals surface area contributed by atoms with E-state index in [0.717, 1.165) is 57.2 Å². The Hall–Kier alpha value is -2.54. The lowest BCUT2D eigenvalue weighted by Crippen LogP contribution is -2.45. The molecule has 1 unspecified atom stereocenters. The molecule has 150 valence electrons. The Morgan fingerprint density at radius 3 is 3.00 bits per heavy atom. The molecule has 0 radical (unpaired) electrons. The van der Waals surface area contributed by atoms with Gasteiger partial charge in [0.05, 0.1) is 5.02 Å². The summed E-state index contributed by atoms with van der Waals surface area (Å²) >= 11 is 6.26. The van der Waals surface area contributed by atoms with Crippen LogP contribution in [0.3, 0.4) is 0 Å². The second-order valence-electron chi connectivity index (χ2n) is 6.82. The molecule has 1 fully saturated rings. The van der Waals surface area contributed by atoms with Crippen LogP contribution in [0, 0.1) is 0 Å². The summed E-state index contributed by atoms with van der Waals surface area (Å²) in [5.41, 5.74) is 0.0479. The number of hydrogen-bond acceptors (Lipinski definition) is 4. The van der Waals surface area contributed by atoms with E-state index in [4.69, 9.17) is 11.6 Å². The number of aliphatic imine (C=N–C) groups is 1. The average molecular weight is 403 g/mol. The maximum atomic E-state index is 11.7. The molecule has 0 saturated carbocycles. The Morgan fingerprint density at radius 1 is 1.32 bits per heavy atom. The molecule has 0 aliphatic carbocycles. The van der Waals surface area contributed by atoms with Gasteiger partial charge in [0, 0.05) is 57.7 Å². The number of aryl methyl sites for hydroxylation is 1. The number of nitrogens with zero attached hydrogens (tertiary/aromatic N) is 4. The van der Waals surface area contributed by atoms with Crippen molar-refractivity contribution in [3.63, 3.8) is 0 Å². The predicted octanol–water partition coefficient (Wildman–Crippen LogP) is 2.12. The van der Waals surface area contributed by atoms with Crippen molar-refractivity contribution in [1.29, 1.82) is 0 Å². The molecule has 1 aliphatic rings. The third-order valence-corrected chi connectivity index (χ3v) is 5.10. The molecule has 28 heavy (non-hydrogen) atoms. The topological polar surface area (TPSA) is 74.6 Å². The zero-order valence-electron chi connectivity index (χ0n) is 16.1. The zero-order chi connectivity index (χ0) is 19.8. The molecule has 7 nitrogen and oxygen atoms in total. The highest BCUT2D eigenvalue weighted by molar-refractivity contribution is 6.32. The molecule has 3 rings (SSSR count). The first-order chi connectivity index (χ1) is 13.7. The van der Waals surface area contributed by atoms with Gasteiger partial charge in [0.2, 0.25) is 5.56 Å². The Balaban J connectivity index is 1.39. The van der Waals surface area contributed by atoms with Gasteiger partial charge in [-0.2, -0.15) is 0 Å². The van der Waals surface area contributed by atoms with Gasteiger partial charge in [-0.05, 0) is 37.5 Å². The third kappa shape index (κ3) is 5.48. The SMILES string of the molecule is CN=C(NCCCCn1ccccc1=O)NC1CCN(c2ncccc2Cl)C1. The van der Waals surface area contributed by atoms with E-state index in [1.807, 2.05) is 24.4 Å². The molecular formula is C20H27ClN6O. The van der Waals surface area contributed by atoms with Crippen molar-refractivity contribution >= 4 is 23.4 Å². The molecule has 1 atom stereocenters. The van der Waals surface area contributed by atoms with Crippen molar-refractivity contribution in [2.24, 2.45) is 4.99 Å². The summed E-state index contributed by atoms with van der Waals surface area (Å²) in [7, 11) is 1.78. The van der Waals surface area contributed by atoms with Crippen LogP contribution in [0.2, 0.25) is 5.02 Å². The summed E-state index contributed by atoms with van der Waals surface area (Å²) in [6.07, 6.45) is 6.50. The van der Waals surface area contributed by atoms with Crippen LogP contribution in [0.4, 0.5) is 5.82 Å². The number of halogens is 1. The Morgan fingerprint density at radius 2 is 2.21 bits per heavy atom. The monoisotopic (exact) mass is 402 g/mol. The van der Waals surface area contributed by atoms with Crippen molar-refractivity contribution < 1.29 is 0 Å². The van der Waals surface area contributed by atoms with Crippen LogP contribution in [0.25, 0.3) is 0 Å². The Kier molecular flexibility index (Phi) is 7.31. The molecule has 2 aromatic rings. The normalized spacial score (nSPS) is 17.0. The van der Waals surface area contributed by atoms with Crippen molar-refractivity contribution in [2.45, 2.75) is 31.8 Å². The van der Waals surface area contributed by atoms with Crippen LogP contribution >= 0.6 is 11.6 Å². The number of anilines is 1. The first-order valence-electron chi connectivity index (χ1n) is 9.65. The second-order valence-corrected chi connectivity index (χ2v) is 7.23. The first kappa shape index (κ1) is 20.2. The van der Waals surface area contributed by atoms with Gasteiger partial charge in [0.25, 0.3) is 0 Å². The molecule has 0 amide bonds. The molecule has 0 bridgehead atoms. The minimum atomic E-state index is 0.0479. The summed E-state index contributed by atoms with van der Waals surface area (Å²) < 4.78 is 1.74. The van der Waals surface area contributed by atoms with Gasteiger partial charge in [0.1, 0.15) is 5.82 Å². The fraction of sp³-hybridized carbons (Fsp3) is 0.450. The van der Waals surface area contributed by atoms with Crippen LogP contribution in [0.5, 0.6) is 0 Å². The van der Waals surface area contributed by atoms with Crippen LogP contribution < -0.4 is 21.1 Å². The van der Waals surface area contributed by atoms with Gasteiger partial charge in [-0.15, -0.1) is 0 Å². The van der Waals surface area contributed by atoms with Crippen LogP contribution in [0.1, 0.15) is 19.3 Å². The van der Waals surface area contributed by atoms with Gasteiger partial charge in [-0.25, -0.2) is 4.98 Å². The molecule has 0 spiro atoms. The van der Waals surface area contributed by atoms with Crippen LogP contribution in [-0.2, 0) is 6.54 Å². The third-order valence-electron chi connectivity index (χ3n) is 4.81. The molecule has 1 aliphatic heterocycles. The van der Waals surface area contributed by atoms with E-state index in [1.165, 1.54) is 0 Å². The number of aromatic nitrogens is 2. The summed E-state index contributed by atoms with van der Waals surface area (Å²) in [5.74, 6) is 1.64. The molecular weight excluding hydrogens is 376 g/mol. The van der Waals surface area contributed by atoms with Gasteiger partial charge in [-0.3, -0.25) is 9.79 Å². The maximum Gasteiger partial charge on any atom is 0.250 e. The Bertz CT molecular complexity index is 852. The number of nitrogens with one attached hydrogen (secondary N) is 2. The van der Waals surface area contributed by atoms with Gasteiger partial charge in [0.15, 0.2) is 5.96 Å². The lowest BCUT2D eigenvalue weighted by atomic mass is 10.2. The summed E-state index contributed by atoms with van der Waals surface area (Å²) in [5, 5.41) is 7.51. The molecule has 3 heterocycles. The molecule has 2 aromatic heterocycles. The second kappa shape index (κ2) is 10.1. The van der Waals surface area contributed by atoms with E-state index < -0.39 is 0 Å². The first-order valence-corrected chi connectivity index (χ1v) is 10.0. The van der Waals surface area contributed by atoms with E-state index in [9.17, 15) is 4.79 Å². The fourth-order valence-electron chi connectivity index (χ4n) is 3.33. The summed E-state index contributed by atoms with van der Waals surface area (Å²) in [6, 6.07) is 9.25. The molecule has 2 N–H and O–H groups in total. The molecule has 8 heteroatoms. The van der Waals surface area contributed by atoms with E-state index >= 15 is 0 Å². The number of guanidine groups is 1. The van der Waals surface area contributed by atoms with Crippen molar-refractivity contribution in [3.05, 3.63) is 58.1 Å². The molecule has 1 saturated heterocycles. The van der Waals surface area contributed by atoms with E-state index in [0.29, 0.717) is 11.1 Å². The predicted molar refractivity (Wildman–Crippen MR) is 114 cm³/mol. The standard InChI is InChI=1S/C20H27ClN6O/c1-22-20(24-10-3-5-13-26-12-4-2-8-18(26)28)25-16-9-14-27(15-16)19-17(21)7-6-11-23-19/h2,4,6-8,11-12,16H,3,5,9-10,13-15H2,1H3,(H2,22,24,25). The smallest absolute Gasteiger partial charge is 0.250 e. The van der Waals surface area contributed by atoms with Crippen molar-refractivity contribution in [3.8, 4) is 0 Å². The van der Waals surface area contributed by atoms with Crippen LogP contribution in [0.15, 0.2) is 52.5 Å². The lowest BCUT2D eigenvalue weighted by molar-refractivity contribution is 0.580. The van der Waals surface area contributed by atoms with Crippen molar-refractivity contribution in [1.82, 2.24) is 20.2 Å². The number of pyridine rings is 2. The minimum Gasteiger partial charge on any atom is -0.356 e. The molecule has 0 aromatic carbocycles. The van der Waals surface area contributed by atoms with E-state index in [2.05, 4.69) is 25.5 Å². The summed E-state index contributed by atoms with van der Waals surface area (Å²) in [4.78, 5) is 22.6. The van der Waals surface area contributed by atoms with Gasteiger partial charge < -0.3 is 20.1 Å². The zero-order valence-corrected chi connectivity index (χ0v) is 16.9. The van der Waals surface area contributed by atoms with E-state index in [1.54, 1.807) is 29.9 Å². The largest absolute Gasteiger partial charge is 0.356 e. The Labute approximate surface area is 170 Å².